The zero-order chi connectivity index (χ0) is 17.5. The Morgan fingerprint density at radius 3 is 2.58 bits per heavy atom. The van der Waals surface area contributed by atoms with Crippen molar-refractivity contribution >= 4 is 17.3 Å². The molecule has 0 aromatic heterocycles. The van der Waals surface area contributed by atoms with Crippen LogP contribution in [-0.2, 0) is 4.79 Å². The third kappa shape index (κ3) is 5.30. The molecule has 4 heteroatoms. The second-order valence-corrected chi connectivity index (χ2v) is 6.42. The number of carbonyl (C=O) groups is 1. The normalized spacial score (nSPS) is 10.5. The summed E-state index contributed by atoms with van der Waals surface area (Å²) in [5.74, 6) is 1.14. The van der Waals surface area contributed by atoms with E-state index in [4.69, 9.17) is 4.74 Å². The van der Waals surface area contributed by atoms with Gasteiger partial charge in [-0.1, -0.05) is 38.1 Å². The Labute approximate surface area is 144 Å². The zero-order valence-electron chi connectivity index (χ0n) is 14.8. The second-order valence-electron chi connectivity index (χ2n) is 6.42. The van der Waals surface area contributed by atoms with E-state index in [1.807, 2.05) is 56.3 Å². The van der Waals surface area contributed by atoms with Crippen LogP contribution in [0.3, 0.4) is 0 Å². The molecule has 0 saturated carbocycles. The number of amides is 1. The first kappa shape index (κ1) is 17.9. The zero-order valence-corrected chi connectivity index (χ0v) is 14.8. The quantitative estimate of drug-likeness (QED) is 0.793. The summed E-state index contributed by atoms with van der Waals surface area (Å²) in [5, 5.41) is 6.10. The summed E-state index contributed by atoms with van der Waals surface area (Å²) >= 11 is 0. The highest BCUT2D eigenvalue weighted by Gasteiger charge is 2.08. The van der Waals surface area contributed by atoms with Crippen LogP contribution in [0.25, 0.3) is 0 Å². The van der Waals surface area contributed by atoms with Crippen molar-refractivity contribution in [3.63, 3.8) is 0 Å². The van der Waals surface area contributed by atoms with E-state index in [0.29, 0.717) is 12.5 Å². The molecule has 0 bridgehead atoms. The van der Waals surface area contributed by atoms with Crippen LogP contribution in [0.4, 0.5) is 11.4 Å². The molecule has 0 fully saturated rings. The minimum atomic E-state index is -0.0811. The molecule has 0 unspecified atom stereocenters. The predicted octanol–water partition coefficient (Wildman–Crippen LogP) is 4.39. The number of ether oxygens (including phenoxy) is 1. The number of carbonyl (C=O) groups excluding carboxylic acids is 1. The number of hydrogen-bond donors (Lipinski definition) is 2. The molecular formula is C20H26N2O2. The van der Waals surface area contributed by atoms with E-state index in [2.05, 4.69) is 24.5 Å². The summed E-state index contributed by atoms with van der Waals surface area (Å²) in [6, 6.07) is 13.7. The lowest BCUT2D eigenvalue weighted by molar-refractivity contribution is -0.114. The average Bonchev–Trinajstić information content (AvgIpc) is 2.55. The minimum Gasteiger partial charge on any atom is -0.491 e. The van der Waals surface area contributed by atoms with Gasteiger partial charge in [-0.25, -0.2) is 0 Å². The molecule has 0 spiro atoms. The van der Waals surface area contributed by atoms with Crippen molar-refractivity contribution in [2.75, 3.05) is 23.8 Å². The van der Waals surface area contributed by atoms with Gasteiger partial charge in [0.15, 0.2) is 0 Å². The van der Waals surface area contributed by atoms with Crippen molar-refractivity contribution < 1.29 is 9.53 Å². The van der Waals surface area contributed by atoms with Gasteiger partial charge >= 0.3 is 0 Å². The maximum absolute atomic E-state index is 12.2. The van der Waals surface area contributed by atoms with Gasteiger partial charge < -0.3 is 15.4 Å². The average molecular weight is 326 g/mol. The molecule has 0 aliphatic rings. The maximum Gasteiger partial charge on any atom is 0.243 e. The van der Waals surface area contributed by atoms with Crippen molar-refractivity contribution in [3.05, 3.63) is 53.6 Å². The highest BCUT2D eigenvalue weighted by Crippen LogP contribution is 2.24. The molecule has 24 heavy (non-hydrogen) atoms. The standard InChI is InChI=1S/C20H26N2O2/c1-14(2)13-24-19-8-6-5-7-17(19)21-12-20(23)22-18-11-15(3)9-10-16(18)4/h5-11,14,21H,12-13H2,1-4H3,(H,22,23). The van der Waals surface area contributed by atoms with Crippen LogP contribution in [-0.4, -0.2) is 19.1 Å². The summed E-state index contributed by atoms with van der Waals surface area (Å²) in [4.78, 5) is 12.2. The summed E-state index contributed by atoms with van der Waals surface area (Å²) < 4.78 is 5.79. The van der Waals surface area contributed by atoms with Crippen molar-refractivity contribution in [1.82, 2.24) is 0 Å². The van der Waals surface area contributed by atoms with Crippen LogP contribution in [0.1, 0.15) is 25.0 Å². The largest absolute Gasteiger partial charge is 0.491 e. The van der Waals surface area contributed by atoms with Gasteiger partial charge in [0.2, 0.25) is 5.91 Å². The molecule has 2 aromatic carbocycles. The molecule has 0 radical (unpaired) electrons. The molecule has 0 aliphatic heterocycles. The van der Waals surface area contributed by atoms with Crippen LogP contribution in [0.5, 0.6) is 5.75 Å². The van der Waals surface area contributed by atoms with E-state index < -0.39 is 0 Å². The topological polar surface area (TPSA) is 50.4 Å². The van der Waals surface area contributed by atoms with Gasteiger partial charge in [0, 0.05) is 5.69 Å². The molecule has 2 N–H and O–H groups in total. The second kappa shape index (κ2) is 8.39. The van der Waals surface area contributed by atoms with Gasteiger partial charge in [-0.15, -0.1) is 0 Å². The summed E-state index contributed by atoms with van der Waals surface area (Å²) in [7, 11) is 0. The first-order chi connectivity index (χ1) is 11.5. The van der Waals surface area contributed by atoms with E-state index in [9.17, 15) is 4.79 Å². The Hall–Kier alpha value is -2.49. The van der Waals surface area contributed by atoms with E-state index in [1.165, 1.54) is 0 Å². The van der Waals surface area contributed by atoms with Crippen LogP contribution < -0.4 is 15.4 Å². The summed E-state index contributed by atoms with van der Waals surface area (Å²) in [6.07, 6.45) is 0. The summed E-state index contributed by atoms with van der Waals surface area (Å²) in [6.45, 7) is 9.04. The number of rotatable bonds is 7. The Morgan fingerprint density at radius 1 is 1.08 bits per heavy atom. The van der Waals surface area contributed by atoms with Crippen LogP contribution in [0, 0.1) is 19.8 Å². The molecule has 2 rings (SSSR count). The Balaban J connectivity index is 1.95. The van der Waals surface area contributed by atoms with Crippen molar-refractivity contribution in [2.24, 2.45) is 5.92 Å². The van der Waals surface area contributed by atoms with Gasteiger partial charge in [0.1, 0.15) is 5.75 Å². The lowest BCUT2D eigenvalue weighted by Crippen LogP contribution is -2.22. The van der Waals surface area contributed by atoms with Gasteiger partial charge in [0.05, 0.1) is 18.8 Å². The monoisotopic (exact) mass is 326 g/mol. The molecule has 128 valence electrons. The minimum absolute atomic E-state index is 0.0811. The van der Waals surface area contributed by atoms with Crippen LogP contribution >= 0.6 is 0 Å². The van der Waals surface area contributed by atoms with Crippen molar-refractivity contribution in [1.29, 1.82) is 0 Å². The highest BCUT2D eigenvalue weighted by molar-refractivity contribution is 5.94. The number of hydrogen-bond acceptors (Lipinski definition) is 3. The third-order valence-electron chi connectivity index (χ3n) is 3.57. The molecule has 1 amide bonds. The number of aryl methyl sites for hydroxylation is 2. The molecule has 0 heterocycles. The Kier molecular flexibility index (Phi) is 6.24. The van der Waals surface area contributed by atoms with Crippen molar-refractivity contribution in [2.45, 2.75) is 27.7 Å². The van der Waals surface area contributed by atoms with Gasteiger partial charge in [-0.2, -0.15) is 0 Å². The van der Waals surface area contributed by atoms with Crippen molar-refractivity contribution in [3.8, 4) is 5.75 Å². The number of benzene rings is 2. The number of nitrogens with one attached hydrogen (secondary N) is 2. The van der Waals surface area contributed by atoms with Gasteiger partial charge in [-0.3, -0.25) is 4.79 Å². The summed E-state index contributed by atoms with van der Waals surface area (Å²) in [5.41, 5.74) is 3.85. The van der Waals surface area contributed by atoms with E-state index in [0.717, 1.165) is 28.3 Å². The maximum atomic E-state index is 12.2. The third-order valence-corrected chi connectivity index (χ3v) is 3.57. The number of para-hydroxylation sites is 2. The number of anilines is 2. The molecular weight excluding hydrogens is 300 g/mol. The fourth-order valence-corrected chi connectivity index (χ4v) is 2.24. The molecule has 0 atom stereocenters. The molecule has 0 aliphatic carbocycles. The highest BCUT2D eigenvalue weighted by atomic mass is 16.5. The lowest BCUT2D eigenvalue weighted by Gasteiger charge is -2.15. The van der Waals surface area contributed by atoms with E-state index in [-0.39, 0.29) is 12.5 Å². The molecule has 0 saturated heterocycles. The first-order valence-corrected chi connectivity index (χ1v) is 8.28. The predicted molar refractivity (Wildman–Crippen MR) is 99.8 cm³/mol. The van der Waals surface area contributed by atoms with Crippen LogP contribution in [0.15, 0.2) is 42.5 Å². The van der Waals surface area contributed by atoms with Gasteiger partial charge in [0.25, 0.3) is 0 Å². The van der Waals surface area contributed by atoms with Crippen LogP contribution in [0.2, 0.25) is 0 Å². The first-order valence-electron chi connectivity index (χ1n) is 8.28. The fraction of sp³-hybridized carbons (Fsp3) is 0.350. The smallest absolute Gasteiger partial charge is 0.243 e. The van der Waals surface area contributed by atoms with E-state index in [1.54, 1.807) is 0 Å². The molecule has 4 nitrogen and oxygen atoms in total. The SMILES string of the molecule is Cc1ccc(C)c(NC(=O)CNc2ccccc2OCC(C)C)c1. The Morgan fingerprint density at radius 2 is 1.83 bits per heavy atom. The van der Waals surface area contributed by atoms with E-state index >= 15 is 0 Å². The lowest BCUT2D eigenvalue weighted by atomic mass is 10.1. The Bertz CT molecular complexity index is 696. The fourth-order valence-electron chi connectivity index (χ4n) is 2.24. The molecule has 2 aromatic rings. The van der Waals surface area contributed by atoms with Gasteiger partial charge in [-0.05, 0) is 49.1 Å².